The first-order chi connectivity index (χ1) is 14.0. The molecule has 160 valence electrons. The summed E-state index contributed by atoms with van der Waals surface area (Å²) in [6.45, 7) is 7.76. The van der Waals surface area contributed by atoms with Gasteiger partial charge in [0.15, 0.2) is 5.78 Å². The molecule has 0 unspecified atom stereocenters. The van der Waals surface area contributed by atoms with Crippen LogP contribution >= 0.6 is 0 Å². The molecule has 0 radical (unpaired) electrons. The highest BCUT2D eigenvalue weighted by molar-refractivity contribution is 6.10. The Morgan fingerprint density at radius 1 is 1.07 bits per heavy atom. The Hall–Kier alpha value is -2.79. The Labute approximate surface area is 177 Å². The molecule has 1 aliphatic rings. The normalized spacial score (nSPS) is 19.1. The van der Waals surface area contributed by atoms with Crippen LogP contribution in [0.3, 0.4) is 0 Å². The van der Waals surface area contributed by atoms with Crippen molar-refractivity contribution in [3.8, 4) is 17.2 Å². The third kappa shape index (κ3) is 4.36. The number of carbonyl (C=O) groups excluding carboxylic acids is 1. The number of aliphatic hydroxyl groups is 1. The average Bonchev–Trinajstić information content (AvgIpc) is 2.58. The second-order valence-corrected chi connectivity index (χ2v) is 8.92. The number of phenolic OH excluding ortho intramolecular Hbond substituents is 3. The highest BCUT2D eigenvalue weighted by Gasteiger charge is 2.36. The minimum Gasteiger partial charge on any atom is -0.507 e. The second-order valence-electron chi connectivity index (χ2n) is 8.92. The predicted molar refractivity (Wildman–Crippen MR) is 118 cm³/mol. The van der Waals surface area contributed by atoms with E-state index in [1.807, 2.05) is 13.0 Å². The predicted octanol–water partition coefficient (Wildman–Crippen LogP) is 5.07. The van der Waals surface area contributed by atoms with Gasteiger partial charge < -0.3 is 20.4 Å². The molecule has 4 N–H and O–H groups in total. The summed E-state index contributed by atoms with van der Waals surface area (Å²) >= 11 is 0. The molecule has 0 spiro atoms. The van der Waals surface area contributed by atoms with Crippen molar-refractivity contribution in [2.24, 2.45) is 0 Å². The zero-order valence-electron chi connectivity index (χ0n) is 18.0. The van der Waals surface area contributed by atoms with Gasteiger partial charge in [0.05, 0.1) is 16.6 Å². The van der Waals surface area contributed by atoms with Crippen LogP contribution in [0.1, 0.15) is 68.4 Å². The number of fused-ring (bicyclic) bond motifs is 2. The lowest BCUT2D eigenvalue weighted by Crippen LogP contribution is -2.35. The van der Waals surface area contributed by atoms with Crippen molar-refractivity contribution in [1.82, 2.24) is 0 Å². The van der Waals surface area contributed by atoms with Crippen molar-refractivity contribution < 1.29 is 25.2 Å². The number of Topliss-reactive ketones (excluding diaryl/α,β-unsaturated/α-hetero) is 1. The first kappa shape index (κ1) is 21.9. The molecule has 3 rings (SSSR count). The summed E-state index contributed by atoms with van der Waals surface area (Å²) in [4.78, 5) is 12.5. The van der Waals surface area contributed by atoms with Gasteiger partial charge >= 0.3 is 0 Å². The Balaban J connectivity index is 2.09. The number of aromatic hydroxyl groups is 3. The number of phenols is 3. The van der Waals surface area contributed by atoms with Crippen LogP contribution in [0, 0.1) is 0 Å². The van der Waals surface area contributed by atoms with Gasteiger partial charge in [-0.25, -0.2) is 0 Å². The molecule has 30 heavy (non-hydrogen) atoms. The van der Waals surface area contributed by atoms with E-state index in [9.17, 15) is 25.2 Å². The highest BCUT2D eigenvalue weighted by Crippen LogP contribution is 2.45. The summed E-state index contributed by atoms with van der Waals surface area (Å²) < 4.78 is 0. The van der Waals surface area contributed by atoms with E-state index in [4.69, 9.17) is 0 Å². The zero-order valence-corrected chi connectivity index (χ0v) is 18.0. The minimum absolute atomic E-state index is 0.0680. The lowest BCUT2D eigenvalue weighted by atomic mass is 9.78. The summed E-state index contributed by atoms with van der Waals surface area (Å²) in [5.74, 6) is -0.988. The molecule has 0 saturated heterocycles. The smallest absolute Gasteiger partial charge is 0.169 e. The Kier molecular flexibility index (Phi) is 5.95. The van der Waals surface area contributed by atoms with E-state index in [-0.39, 0.29) is 46.8 Å². The maximum Gasteiger partial charge on any atom is 0.169 e. The lowest BCUT2D eigenvalue weighted by molar-refractivity contribution is 0.0409. The van der Waals surface area contributed by atoms with Gasteiger partial charge in [-0.15, -0.1) is 0 Å². The first-order valence-corrected chi connectivity index (χ1v) is 10.3. The van der Waals surface area contributed by atoms with Crippen LogP contribution in [-0.2, 0) is 12.8 Å². The van der Waals surface area contributed by atoms with Crippen LogP contribution < -0.4 is 0 Å². The molecule has 2 aromatic rings. The number of hydrogen-bond donors (Lipinski definition) is 4. The molecule has 2 aromatic carbocycles. The third-order valence-electron chi connectivity index (χ3n) is 5.68. The number of hydrogen-bond acceptors (Lipinski definition) is 5. The van der Waals surface area contributed by atoms with Gasteiger partial charge in [0.2, 0.25) is 0 Å². The van der Waals surface area contributed by atoms with E-state index in [2.05, 4.69) is 19.9 Å². The summed E-state index contributed by atoms with van der Waals surface area (Å²) in [7, 11) is 0. The van der Waals surface area contributed by atoms with E-state index >= 15 is 0 Å². The summed E-state index contributed by atoms with van der Waals surface area (Å²) in [5.41, 5.74) is 2.50. The van der Waals surface area contributed by atoms with Crippen molar-refractivity contribution >= 4 is 16.6 Å². The van der Waals surface area contributed by atoms with Crippen LogP contribution in [0.5, 0.6) is 17.2 Å². The van der Waals surface area contributed by atoms with Crippen LogP contribution in [0.2, 0.25) is 0 Å². The molecule has 0 saturated carbocycles. The maximum absolute atomic E-state index is 12.5. The van der Waals surface area contributed by atoms with Crippen LogP contribution in [0.4, 0.5) is 0 Å². The summed E-state index contributed by atoms with van der Waals surface area (Å²) in [6.07, 6.45) is 6.60. The van der Waals surface area contributed by atoms with Crippen molar-refractivity contribution in [1.29, 1.82) is 0 Å². The maximum atomic E-state index is 12.5. The van der Waals surface area contributed by atoms with Crippen molar-refractivity contribution in [2.45, 2.75) is 65.4 Å². The molecule has 0 aromatic heterocycles. The largest absolute Gasteiger partial charge is 0.507 e. The number of allylic oxidation sites excluding steroid dienone is 4. The number of ketones is 1. The summed E-state index contributed by atoms with van der Waals surface area (Å²) in [5, 5.41) is 42.8. The fourth-order valence-corrected chi connectivity index (χ4v) is 4.19. The van der Waals surface area contributed by atoms with E-state index < -0.39 is 5.60 Å². The second kappa shape index (κ2) is 8.15. The fraction of sp³-hybridized carbons (Fsp3) is 0.400. The van der Waals surface area contributed by atoms with Crippen molar-refractivity contribution in [2.75, 3.05) is 0 Å². The van der Waals surface area contributed by atoms with E-state index in [0.717, 1.165) is 12.8 Å². The molecule has 5 heteroatoms. The minimum atomic E-state index is -1.19. The average molecular weight is 411 g/mol. The Morgan fingerprint density at radius 3 is 2.43 bits per heavy atom. The van der Waals surface area contributed by atoms with Gasteiger partial charge in [-0.1, -0.05) is 23.3 Å². The van der Waals surface area contributed by atoms with Crippen LogP contribution in [0.15, 0.2) is 35.4 Å². The molecule has 0 amide bonds. The molecule has 0 fully saturated rings. The third-order valence-corrected chi connectivity index (χ3v) is 5.68. The molecular formula is C25H30O5. The van der Waals surface area contributed by atoms with Crippen LogP contribution in [-0.4, -0.2) is 31.8 Å². The van der Waals surface area contributed by atoms with E-state index in [1.54, 1.807) is 13.0 Å². The molecule has 1 atom stereocenters. The highest BCUT2D eigenvalue weighted by atomic mass is 16.3. The SMILES string of the molecule is CC(C)=CCCC(C)=CCc1c(O)cc(O)c2c(O)c3c(cc12)C[C@@](C)(O)CC3=O. The molecule has 0 bridgehead atoms. The van der Waals surface area contributed by atoms with Crippen LogP contribution in [0.25, 0.3) is 10.8 Å². The van der Waals surface area contributed by atoms with Gasteiger partial charge in [-0.2, -0.15) is 0 Å². The number of carbonyl (C=O) groups is 1. The molecule has 5 nitrogen and oxygen atoms in total. The van der Waals surface area contributed by atoms with Crippen molar-refractivity contribution in [3.05, 3.63) is 52.1 Å². The Bertz CT molecular complexity index is 1070. The molecule has 1 aliphatic carbocycles. The fourth-order valence-electron chi connectivity index (χ4n) is 4.19. The summed E-state index contributed by atoms with van der Waals surface area (Å²) in [6, 6.07) is 2.91. The zero-order chi connectivity index (χ0) is 22.2. The Morgan fingerprint density at radius 2 is 1.77 bits per heavy atom. The van der Waals surface area contributed by atoms with Gasteiger partial charge in [-0.3, -0.25) is 4.79 Å². The molecule has 0 heterocycles. The first-order valence-electron chi connectivity index (χ1n) is 10.3. The van der Waals surface area contributed by atoms with Gasteiger partial charge in [0, 0.05) is 24.5 Å². The van der Waals surface area contributed by atoms with Crippen molar-refractivity contribution in [3.63, 3.8) is 0 Å². The van der Waals surface area contributed by atoms with Gasteiger partial charge in [0.1, 0.15) is 17.2 Å². The standard InChI is InChI=1S/C25H30O5/c1-14(2)6-5-7-15(3)8-9-17-18-10-16-12-25(4,30)13-21(28)22(16)24(29)23(18)20(27)11-19(17)26/h6,8,10-11,26-27,29-30H,5,7,9,12-13H2,1-4H3/t25-/m1/s1. The number of rotatable bonds is 5. The van der Waals surface area contributed by atoms with E-state index in [0.29, 0.717) is 22.9 Å². The number of benzene rings is 2. The van der Waals surface area contributed by atoms with E-state index in [1.165, 1.54) is 17.2 Å². The van der Waals surface area contributed by atoms with Gasteiger partial charge in [0.25, 0.3) is 0 Å². The van der Waals surface area contributed by atoms with Gasteiger partial charge in [-0.05, 0) is 64.0 Å². The molecule has 0 aliphatic heterocycles. The lowest BCUT2D eigenvalue weighted by Gasteiger charge is -2.30. The quantitative estimate of drug-likeness (QED) is 0.516. The topological polar surface area (TPSA) is 98.0 Å². The molecular weight excluding hydrogens is 380 g/mol. The monoisotopic (exact) mass is 410 g/mol.